The Morgan fingerprint density at radius 1 is 1.40 bits per heavy atom. The summed E-state index contributed by atoms with van der Waals surface area (Å²) >= 11 is 0. The maximum Gasteiger partial charge on any atom is 0.191 e. The molecule has 0 aliphatic carbocycles. The zero-order chi connectivity index (χ0) is 13.9. The normalized spacial score (nSPS) is 20.4. The maximum atomic E-state index is 5.03. The first-order chi connectivity index (χ1) is 9.26. The van der Waals surface area contributed by atoms with E-state index in [0.29, 0.717) is 6.61 Å². The number of aliphatic imine (C=N–C) groups is 1. The Bertz CT molecular complexity index is 264. The Morgan fingerprint density at radius 3 is 2.85 bits per heavy atom. The molecule has 0 amide bonds. The molecule has 1 unspecified atom stereocenters. The summed E-state index contributed by atoms with van der Waals surface area (Å²) < 4.78 is 5.03. The molecule has 6 heteroatoms. The lowest BCUT2D eigenvalue weighted by molar-refractivity contribution is 0.188. The van der Waals surface area contributed by atoms with Crippen LogP contribution in [0.2, 0.25) is 0 Å². The van der Waals surface area contributed by atoms with E-state index in [1.807, 2.05) is 0 Å². The molecule has 1 atom stereocenters. The predicted molar refractivity (Wildman–Crippen MR) is 96.1 cm³/mol. The Morgan fingerprint density at radius 2 is 2.20 bits per heavy atom. The first-order valence-electron chi connectivity index (χ1n) is 7.49. The van der Waals surface area contributed by atoms with Gasteiger partial charge in [0.05, 0.1) is 13.2 Å². The molecule has 0 radical (unpaired) electrons. The van der Waals surface area contributed by atoms with Crippen LogP contribution in [-0.4, -0.2) is 63.8 Å². The number of hydrogen-bond donors (Lipinski definition) is 2. The molecular formula is C14H31IN4O. The second kappa shape index (κ2) is 12.6. The number of halogens is 1. The lowest BCUT2D eigenvalue weighted by atomic mass is 10.0. The van der Waals surface area contributed by atoms with Crippen molar-refractivity contribution in [2.75, 3.05) is 53.0 Å². The van der Waals surface area contributed by atoms with Gasteiger partial charge >= 0.3 is 0 Å². The smallest absolute Gasteiger partial charge is 0.191 e. The highest BCUT2D eigenvalue weighted by molar-refractivity contribution is 14.0. The zero-order valence-corrected chi connectivity index (χ0v) is 15.5. The van der Waals surface area contributed by atoms with Crippen LogP contribution in [0.25, 0.3) is 0 Å². The second-order valence-corrected chi connectivity index (χ2v) is 5.23. The number of piperidine rings is 1. The average Bonchev–Trinajstić information content (AvgIpc) is 2.39. The molecule has 0 aromatic rings. The van der Waals surface area contributed by atoms with E-state index in [1.54, 1.807) is 7.11 Å². The van der Waals surface area contributed by atoms with Gasteiger partial charge in [0, 0.05) is 33.3 Å². The fraction of sp³-hybridized carbons (Fsp3) is 0.929. The molecule has 0 aromatic carbocycles. The molecule has 1 aliphatic rings. The van der Waals surface area contributed by atoms with Gasteiger partial charge in [-0.2, -0.15) is 0 Å². The van der Waals surface area contributed by atoms with Crippen molar-refractivity contribution in [2.45, 2.75) is 26.7 Å². The summed E-state index contributed by atoms with van der Waals surface area (Å²) in [6.07, 6.45) is 2.71. The predicted octanol–water partition coefficient (Wildman–Crippen LogP) is 1.54. The van der Waals surface area contributed by atoms with E-state index in [4.69, 9.17) is 4.74 Å². The summed E-state index contributed by atoms with van der Waals surface area (Å²) in [5.41, 5.74) is 0. The monoisotopic (exact) mass is 398 g/mol. The molecule has 1 aliphatic heterocycles. The van der Waals surface area contributed by atoms with Crippen LogP contribution >= 0.6 is 24.0 Å². The van der Waals surface area contributed by atoms with Gasteiger partial charge in [-0.05, 0) is 32.2 Å². The number of rotatable bonds is 7. The highest BCUT2D eigenvalue weighted by Gasteiger charge is 2.15. The number of ether oxygens (including phenoxy) is 1. The molecule has 0 spiro atoms. The van der Waals surface area contributed by atoms with E-state index in [-0.39, 0.29) is 24.0 Å². The van der Waals surface area contributed by atoms with Crippen molar-refractivity contribution < 1.29 is 4.74 Å². The van der Waals surface area contributed by atoms with Crippen LogP contribution in [0.1, 0.15) is 26.7 Å². The lowest BCUT2D eigenvalue weighted by Gasteiger charge is -2.30. The topological polar surface area (TPSA) is 48.9 Å². The summed E-state index contributed by atoms with van der Waals surface area (Å²) in [5.74, 6) is 1.73. The van der Waals surface area contributed by atoms with Gasteiger partial charge in [0.25, 0.3) is 0 Å². The van der Waals surface area contributed by atoms with E-state index in [2.05, 4.69) is 34.4 Å². The van der Waals surface area contributed by atoms with Gasteiger partial charge in [0.1, 0.15) is 0 Å². The zero-order valence-electron chi connectivity index (χ0n) is 13.2. The molecule has 120 valence electrons. The molecule has 1 heterocycles. The highest BCUT2D eigenvalue weighted by atomic mass is 127. The molecule has 1 saturated heterocycles. The van der Waals surface area contributed by atoms with Gasteiger partial charge in [-0.15, -0.1) is 24.0 Å². The van der Waals surface area contributed by atoms with Gasteiger partial charge < -0.3 is 20.3 Å². The van der Waals surface area contributed by atoms with Gasteiger partial charge in [0.15, 0.2) is 5.96 Å². The van der Waals surface area contributed by atoms with Crippen molar-refractivity contribution >= 4 is 29.9 Å². The minimum atomic E-state index is 0. The first-order valence-corrected chi connectivity index (χ1v) is 7.49. The van der Waals surface area contributed by atoms with Crippen LogP contribution in [0, 0.1) is 5.92 Å². The number of likely N-dealkylation sites (tertiary alicyclic amines) is 1. The fourth-order valence-electron chi connectivity index (χ4n) is 2.41. The van der Waals surface area contributed by atoms with Gasteiger partial charge in [-0.25, -0.2) is 0 Å². The average molecular weight is 398 g/mol. The molecule has 1 fully saturated rings. The molecule has 20 heavy (non-hydrogen) atoms. The molecule has 2 N–H and O–H groups in total. The number of methoxy groups -OCH3 is 1. The third kappa shape index (κ3) is 8.97. The summed E-state index contributed by atoms with van der Waals surface area (Å²) in [7, 11) is 1.71. The van der Waals surface area contributed by atoms with E-state index < -0.39 is 0 Å². The Hall–Kier alpha value is -0.0800. The SMILES string of the molecule is CCNC(=NCCN1CCCC(C)C1)NCCOC.I. The van der Waals surface area contributed by atoms with E-state index in [9.17, 15) is 0 Å². The highest BCUT2D eigenvalue weighted by Crippen LogP contribution is 2.14. The van der Waals surface area contributed by atoms with Gasteiger partial charge in [0.2, 0.25) is 0 Å². The number of guanidine groups is 1. The largest absolute Gasteiger partial charge is 0.383 e. The van der Waals surface area contributed by atoms with Crippen molar-refractivity contribution in [3.05, 3.63) is 0 Å². The molecule has 0 bridgehead atoms. The van der Waals surface area contributed by atoms with Gasteiger partial charge in [-0.1, -0.05) is 6.92 Å². The van der Waals surface area contributed by atoms with E-state index in [0.717, 1.165) is 38.1 Å². The summed E-state index contributed by atoms with van der Waals surface area (Å²) in [6, 6.07) is 0. The standard InChI is InChI=1S/C14H30N4O.HI/c1-4-15-14(17-8-11-19-3)16-7-10-18-9-5-6-13(2)12-18;/h13H,4-12H2,1-3H3,(H2,15,16,17);1H. The number of nitrogens with one attached hydrogen (secondary N) is 2. The molecule has 0 aromatic heterocycles. The van der Waals surface area contributed by atoms with Crippen molar-refractivity contribution in [2.24, 2.45) is 10.9 Å². The van der Waals surface area contributed by atoms with Crippen LogP contribution in [0.4, 0.5) is 0 Å². The minimum absolute atomic E-state index is 0. The molecule has 5 nitrogen and oxygen atoms in total. The Labute approximate surface area is 140 Å². The van der Waals surface area contributed by atoms with Crippen LogP contribution in [0.5, 0.6) is 0 Å². The van der Waals surface area contributed by atoms with Crippen molar-refractivity contribution in [1.29, 1.82) is 0 Å². The molecular weight excluding hydrogens is 367 g/mol. The third-order valence-electron chi connectivity index (χ3n) is 3.37. The lowest BCUT2D eigenvalue weighted by Crippen LogP contribution is -2.40. The summed E-state index contributed by atoms with van der Waals surface area (Å²) in [6.45, 7) is 11.2. The van der Waals surface area contributed by atoms with Crippen molar-refractivity contribution in [3.63, 3.8) is 0 Å². The Balaban J connectivity index is 0.00000361. The van der Waals surface area contributed by atoms with Crippen LogP contribution < -0.4 is 10.6 Å². The third-order valence-corrected chi connectivity index (χ3v) is 3.37. The number of hydrogen-bond acceptors (Lipinski definition) is 3. The number of nitrogens with zero attached hydrogens (tertiary/aromatic N) is 2. The minimum Gasteiger partial charge on any atom is -0.383 e. The second-order valence-electron chi connectivity index (χ2n) is 5.23. The molecule has 1 rings (SSSR count). The quantitative estimate of drug-likeness (QED) is 0.296. The van der Waals surface area contributed by atoms with Crippen LogP contribution in [0.15, 0.2) is 4.99 Å². The van der Waals surface area contributed by atoms with Crippen LogP contribution in [-0.2, 0) is 4.74 Å². The Kier molecular flexibility index (Phi) is 12.6. The van der Waals surface area contributed by atoms with Crippen molar-refractivity contribution in [3.8, 4) is 0 Å². The van der Waals surface area contributed by atoms with Gasteiger partial charge in [-0.3, -0.25) is 4.99 Å². The summed E-state index contributed by atoms with van der Waals surface area (Å²) in [4.78, 5) is 7.13. The fourth-order valence-corrected chi connectivity index (χ4v) is 2.41. The molecule has 0 saturated carbocycles. The maximum absolute atomic E-state index is 5.03. The summed E-state index contributed by atoms with van der Waals surface area (Å²) in [5, 5.41) is 6.52. The van der Waals surface area contributed by atoms with Crippen LogP contribution in [0.3, 0.4) is 0 Å². The first kappa shape index (κ1) is 19.9. The van der Waals surface area contributed by atoms with E-state index in [1.165, 1.54) is 25.9 Å². The van der Waals surface area contributed by atoms with Crippen molar-refractivity contribution in [1.82, 2.24) is 15.5 Å². The van der Waals surface area contributed by atoms with E-state index >= 15 is 0 Å².